The van der Waals surface area contributed by atoms with Gasteiger partial charge in [-0.25, -0.2) is 4.79 Å². The molecule has 1 aromatic carbocycles. The van der Waals surface area contributed by atoms with Crippen molar-refractivity contribution in [3.8, 4) is 0 Å². The number of benzene rings is 1. The predicted octanol–water partition coefficient (Wildman–Crippen LogP) is 1.17. The van der Waals surface area contributed by atoms with Gasteiger partial charge in [0.1, 0.15) is 6.04 Å². The Balaban J connectivity index is 1.92. The molecule has 1 aliphatic heterocycles. The van der Waals surface area contributed by atoms with E-state index in [1.54, 1.807) is 24.3 Å². The van der Waals surface area contributed by atoms with E-state index in [9.17, 15) is 14.4 Å². The molecular weight excluding hydrogens is 360 g/mol. The molecule has 2 N–H and O–H groups in total. The number of aliphatic carboxylic acids is 1. The van der Waals surface area contributed by atoms with Gasteiger partial charge in [0.05, 0.1) is 12.4 Å². The van der Waals surface area contributed by atoms with Crippen molar-refractivity contribution in [3.05, 3.63) is 34.3 Å². The molecule has 1 atom stereocenters. The number of rotatable bonds is 4. The van der Waals surface area contributed by atoms with Crippen LogP contribution in [-0.4, -0.2) is 52.0 Å². The van der Waals surface area contributed by atoms with Gasteiger partial charge < -0.3 is 15.3 Å². The molecule has 0 aliphatic carbocycles. The summed E-state index contributed by atoms with van der Waals surface area (Å²) in [6.45, 7) is -0.213. The summed E-state index contributed by atoms with van der Waals surface area (Å²) in [6.07, 6.45) is 0. The van der Waals surface area contributed by atoms with Gasteiger partial charge in [-0.2, -0.15) is 0 Å². The van der Waals surface area contributed by atoms with Crippen LogP contribution in [0.1, 0.15) is 10.4 Å². The van der Waals surface area contributed by atoms with E-state index in [4.69, 9.17) is 5.11 Å². The van der Waals surface area contributed by atoms with Crippen molar-refractivity contribution in [1.82, 2.24) is 10.2 Å². The number of carbonyl (C=O) groups is 3. The number of halogens is 1. The first kappa shape index (κ1) is 15.8. The quantitative estimate of drug-likeness (QED) is 0.828. The summed E-state index contributed by atoms with van der Waals surface area (Å²) in [5, 5.41) is 11.5. The molecule has 1 heterocycles. The molecular formula is C13H13BrN2O4S. The Kier molecular flexibility index (Phi) is 5.24. The molecule has 0 aromatic heterocycles. The van der Waals surface area contributed by atoms with E-state index in [0.29, 0.717) is 17.2 Å². The van der Waals surface area contributed by atoms with Crippen molar-refractivity contribution in [2.45, 2.75) is 6.04 Å². The molecule has 2 rings (SSSR count). The van der Waals surface area contributed by atoms with Gasteiger partial charge in [0.25, 0.3) is 5.91 Å². The van der Waals surface area contributed by atoms with Crippen molar-refractivity contribution in [3.63, 3.8) is 0 Å². The summed E-state index contributed by atoms with van der Waals surface area (Å²) in [7, 11) is 0. The molecule has 8 heteroatoms. The van der Waals surface area contributed by atoms with E-state index in [1.807, 2.05) is 0 Å². The lowest BCUT2D eigenvalue weighted by atomic mass is 10.2. The van der Waals surface area contributed by atoms with Crippen molar-refractivity contribution < 1.29 is 19.5 Å². The van der Waals surface area contributed by atoms with Crippen LogP contribution in [0.2, 0.25) is 0 Å². The molecule has 6 nitrogen and oxygen atoms in total. The van der Waals surface area contributed by atoms with E-state index >= 15 is 0 Å². The zero-order valence-electron chi connectivity index (χ0n) is 10.9. The summed E-state index contributed by atoms with van der Waals surface area (Å²) in [5.41, 5.74) is 0.433. The first-order chi connectivity index (χ1) is 9.99. The smallest absolute Gasteiger partial charge is 0.327 e. The highest BCUT2D eigenvalue weighted by Gasteiger charge is 2.34. The van der Waals surface area contributed by atoms with Crippen molar-refractivity contribution >= 4 is 45.5 Å². The Morgan fingerprint density at radius 1 is 1.43 bits per heavy atom. The molecule has 2 amide bonds. The highest BCUT2D eigenvalue weighted by atomic mass is 79.9. The molecule has 0 saturated carbocycles. The molecule has 1 fully saturated rings. The van der Waals surface area contributed by atoms with Crippen LogP contribution in [0.15, 0.2) is 28.7 Å². The standard InChI is InChI=1S/C13H13BrN2O4S/c14-9-3-1-2-8(4-9)12(18)15-5-11(17)16-7-21-6-10(16)13(19)20/h1-4,10H,5-7H2,(H,15,18)(H,19,20). The summed E-state index contributed by atoms with van der Waals surface area (Å²) in [5.74, 6) is -1.07. The van der Waals surface area contributed by atoms with Gasteiger partial charge in [-0.05, 0) is 18.2 Å². The molecule has 1 aliphatic rings. The molecule has 1 saturated heterocycles. The normalized spacial score (nSPS) is 17.6. The fraction of sp³-hybridized carbons (Fsp3) is 0.308. The van der Waals surface area contributed by atoms with Gasteiger partial charge in [-0.3, -0.25) is 9.59 Å². The maximum absolute atomic E-state index is 12.0. The summed E-state index contributed by atoms with van der Waals surface area (Å²) in [6, 6.07) is 5.98. The highest BCUT2D eigenvalue weighted by Crippen LogP contribution is 2.20. The third kappa shape index (κ3) is 3.98. The number of amides is 2. The Morgan fingerprint density at radius 3 is 2.86 bits per heavy atom. The van der Waals surface area contributed by atoms with Crippen molar-refractivity contribution in [1.29, 1.82) is 0 Å². The van der Waals surface area contributed by atoms with E-state index < -0.39 is 17.9 Å². The second-order valence-corrected chi connectivity index (χ2v) is 6.33. The van der Waals surface area contributed by atoms with E-state index in [0.717, 1.165) is 4.47 Å². The first-order valence-corrected chi connectivity index (χ1v) is 8.07. The zero-order valence-corrected chi connectivity index (χ0v) is 13.3. The van der Waals surface area contributed by atoms with Gasteiger partial charge in [-0.15, -0.1) is 11.8 Å². The predicted molar refractivity (Wildman–Crippen MR) is 82.1 cm³/mol. The van der Waals surface area contributed by atoms with Crippen LogP contribution in [0.5, 0.6) is 0 Å². The fourth-order valence-corrected chi connectivity index (χ4v) is 3.45. The van der Waals surface area contributed by atoms with Gasteiger partial charge in [0.15, 0.2) is 0 Å². The van der Waals surface area contributed by atoms with Gasteiger partial charge in [0, 0.05) is 15.8 Å². The van der Waals surface area contributed by atoms with Crippen LogP contribution >= 0.6 is 27.7 Å². The van der Waals surface area contributed by atoms with Crippen LogP contribution in [0.3, 0.4) is 0 Å². The Bertz CT molecular complexity index is 581. The Morgan fingerprint density at radius 2 is 2.19 bits per heavy atom. The number of hydrogen-bond donors (Lipinski definition) is 2. The van der Waals surface area contributed by atoms with E-state index in [1.165, 1.54) is 16.7 Å². The third-order valence-electron chi connectivity index (χ3n) is 2.97. The highest BCUT2D eigenvalue weighted by molar-refractivity contribution is 9.10. The average Bonchev–Trinajstić information content (AvgIpc) is 2.94. The Labute approximate surface area is 134 Å². The number of nitrogens with one attached hydrogen (secondary N) is 1. The molecule has 1 unspecified atom stereocenters. The molecule has 0 spiro atoms. The first-order valence-electron chi connectivity index (χ1n) is 6.13. The molecule has 21 heavy (non-hydrogen) atoms. The summed E-state index contributed by atoms with van der Waals surface area (Å²) < 4.78 is 0.767. The number of carboxylic acids is 1. The summed E-state index contributed by atoms with van der Waals surface area (Å²) >= 11 is 4.65. The summed E-state index contributed by atoms with van der Waals surface area (Å²) in [4.78, 5) is 36.2. The minimum Gasteiger partial charge on any atom is -0.480 e. The molecule has 0 radical (unpaired) electrons. The Hall–Kier alpha value is -1.54. The lowest BCUT2D eigenvalue weighted by Gasteiger charge is -2.20. The number of hydrogen-bond acceptors (Lipinski definition) is 4. The lowest BCUT2D eigenvalue weighted by Crippen LogP contribution is -2.46. The second kappa shape index (κ2) is 6.95. The van der Waals surface area contributed by atoms with Crippen molar-refractivity contribution in [2.75, 3.05) is 18.2 Å². The lowest BCUT2D eigenvalue weighted by molar-refractivity contribution is -0.147. The van der Waals surface area contributed by atoms with Crippen LogP contribution in [-0.2, 0) is 9.59 Å². The molecule has 112 valence electrons. The molecule has 0 bridgehead atoms. The van der Waals surface area contributed by atoms with Crippen LogP contribution < -0.4 is 5.32 Å². The third-order valence-corrected chi connectivity index (χ3v) is 4.48. The number of carboxylic acid groups (broad SMARTS) is 1. The van der Waals surface area contributed by atoms with Gasteiger partial charge in [-0.1, -0.05) is 22.0 Å². The number of nitrogens with zero attached hydrogens (tertiary/aromatic N) is 1. The fourth-order valence-electron chi connectivity index (χ4n) is 1.88. The van der Waals surface area contributed by atoms with Gasteiger partial charge in [0.2, 0.25) is 5.91 Å². The van der Waals surface area contributed by atoms with Crippen LogP contribution in [0.4, 0.5) is 0 Å². The number of thioether (sulfide) groups is 1. The minimum atomic E-state index is -1.02. The largest absolute Gasteiger partial charge is 0.480 e. The average molecular weight is 373 g/mol. The van der Waals surface area contributed by atoms with E-state index in [-0.39, 0.29) is 12.5 Å². The minimum absolute atomic E-state index is 0.213. The maximum atomic E-state index is 12.0. The topological polar surface area (TPSA) is 86.7 Å². The SMILES string of the molecule is O=C(NCC(=O)N1CSCC1C(=O)O)c1cccc(Br)c1. The second-order valence-electron chi connectivity index (χ2n) is 4.41. The maximum Gasteiger partial charge on any atom is 0.327 e. The van der Waals surface area contributed by atoms with Crippen molar-refractivity contribution in [2.24, 2.45) is 0 Å². The van der Waals surface area contributed by atoms with Gasteiger partial charge >= 0.3 is 5.97 Å². The van der Waals surface area contributed by atoms with Crippen LogP contribution in [0, 0.1) is 0 Å². The van der Waals surface area contributed by atoms with E-state index in [2.05, 4.69) is 21.2 Å². The monoisotopic (exact) mass is 372 g/mol. The number of carbonyl (C=O) groups excluding carboxylic acids is 2. The molecule has 1 aromatic rings. The van der Waals surface area contributed by atoms with Crippen LogP contribution in [0.25, 0.3) is 0 Å². The zero-order chi connectivity index (χ0) is 15.4.